The van der Waals surface area contributed by atoms with Crippen molar-refractivity contribution in [3.05, 3.63) is 24.0 Å². The molecule has 0 aliphatic heterocycles. The summed E-state index contributed by atoms with van der Waals surface area (Å²) in [5.74, 6) is 0.0779. The first-order chi connectivity index (χ1) is 7.52. The molecular formula is C11H19N5. The Labute approximate surface area is 96.4 Å². The van der Waals surface area contributed by atoms with Gasteiger partial charge in [-0.15, -0.1) is 0 Å². The van der Waals surface area contributed by atoms with Crippen LogP contribution in [0.1, 0.15) is 5.56 Å². The quantitative estimate of drug-likeness (QED) is 0.556. The van der Waals surface area contributed by atoms with Gasteiger partial charge in [-0.3, -0.25) is 10.4 Å². The number of rotatable bonds is 5. The van der Waals surface area contributed by atoms with Crippen molar-refractivity contribution in [1.82, 2.24) is 9.88 Å². The molecule has 0 atom stereocenters. The van der Waals surface area contributed by atoms with Crippen LogP contribution in [-0.2, 0) is 0 Å². The maximum absolute atomic E-state index is 7.50. The van der Waals surface area contributed by atoms with Gasteiger partial charge in [0.15, 0.2) is 0 Å². The summed E-state index contributed by atoms with van der Waals surface area (Å²) in [6.07, 6.45) is 3.40. The molecule has 1 heterocycles. The van der Waals surface area contributed by atoms with Gasteiger partial charge in [-0.2, -0.15) is 0 Å². The largest absolute Gasteiger partial charge is 0.384 e. The molecule has 16 heavy (non-hydrogen) atoms. The average molecular weight is 221 g/mol. The summed E-state index contributed by atoms with van der Waals surface area (Å²) in [6.45, 7) is 1.82. The lowest BCUT2D eigenvalue weighted by Gasteiger charge is -2.23. The molecule has 1 rings (SSSR count). The molecule has 0 radical (unpaired) electrons. The number of aromatic nitrogens is 1. The smallest absolute Gasteiger partial charge is 0.125 e. The van der Waals surface area contributed by atoms with E-state index in [0.29, 0.717) is 0 Å². The predicted molar refractivity (Wildman–Crippen MR) is 67.1 cm³/mol. The summed E-state index contributed by atoms with van der Waals surface area (Å²) < 4.78 is 0. The van der Waals surface area contributed by atoms with E-state index in [2.05, 4.69) is 14.8 Å². The summed E-state index contributed by atoms with van der Waals surface area (Å²) in [5.41, 5.74) is 7.16. The number of hydrogen-bond acceptors (Lipinski definition) is 4. The van der Waals surface area contributed by atoms with Crippen molar-refractivity contribution < 1.29 is 0 Å². The number of hydrogen-bond donors (Lipinski definition) is 2. The van der Waals surface area contributed by atoms with Crippen molar-refractivity contribution in [2.24, 2.45) is 5.73 Å². The minimum absolute atomic E-state index is 0.0779. The van der Waals surface area contributed by atoms with E-state index in [0.717, 1.165) is 24.3 Å². The van der Waals surface area contributed by atoms with Gasteiger partial charge in [0, 0.05) is 31.9 Å². The molecule has 5 nitrogen and oxygen atoms in total. The molecule has 1 aromatic heterocycles. The molecule has 0 saturated carbocycles. The van der Waals surface area contributed by atoms with Gasteiger partial charge in [0.2, 0.25) is 0 Å². The SMILES string of the molecule is CN(C)CCN(C)c1cnccc1C(=N)N. The van der Waals surface area contributed by atoms with Crippen LogP contribution < -0.4 is 10.6 Å². The van der Waals surface area contributed by atoms with E-state index in [1.54, 1.807) is 18.5 Å². The lowest BCUT2D eigenvalue weighted by Crippen LogP contribution is -2.30. The Bertz CT molecular complexity index is 361. The van der Waals surface area contributed by atoms with Gasteiger partial charge in [-0.1, -0.05) is 0 Å². The van der Waals surface area contributed by atoms with Crippen LogP contribution in [0.4, 0.5) is 5.69 Å². The van der Waals surface area contributed by atoms with Gasteiger partial charge in [-0.25, -0.2) is 0 Å². The van der Waals surface area contributed by atoms with E-state index in [-0.39, 0.29) is 5.84 Å². The summed E-state index contributed by atoms with van der Waals surface area (Å²) in [5, 5.41) is 7.50. The Morgan fingerprint density at radius 1 is 1.38 bits per heavy atom. The maximum atomic E-state index is 7.50. The molecule has 0 fully saturated rings. The predicted octanol–water partition coefficient (Wildman–Crippen LogP) is 0.363. The Balaban J connectivity index is 2.82. The minimum atomic E-state index is 0.0779. The highest BCUT2D eigenvalue weighted by atomic mass is 15.2. The van der Waals surface area contributed by atoms with E-state index < -0.39 is 0 Å². The van der Waals surface area contributed by atoms with Crippen molar-refractivity contribution in [3.63, 3.8) is 0 Å². The molecule has 0 aliphatic rings. The van der Waals surface area contributed by atoms with Crippen LogP contribution in [0.5, 0.6) is 0 Å². The van der Waals surface area contributed by atoms with Crippen LogP contribution in [0, 0.1) is 5.41 Å². The lowest BCUT2D eigenvalue weighted by molar-refractivity contribution is 0.416. The van der Waals surface area contributed by atoms with Crippen LogP contribution in [0.15, 0.2) is 18.5 Å². The molecule has 0 saturated heterocycles. The zero-order valence-corrected chi connectivity index (χ0v) is 10.1. The van der Waals surface area contributed by atoms with E-state index in [4.69, 9.17) is 11.1 Å². The summed E-state index contributed by atoms with van der Waals surface area (Å²) in [6, 6.07) is 1.77. The Hall–Kier alpha value is -1.62. The summed E-state index contributed by atoms with van der Waals surface area (Å²) in [4.78, 5) is 8.24. The highest BCUT2D eigenvalue weighted by molar-refractivity contribution is 6.00. The van der Waals surface area contributed by atoms with Crippen molar-refractivity contribution in [1.29, 1.82) is 5.41 Å². The van der Waals surface area contributed by atoms with E-state index in [9.17, 15) is 0 Å². The standard InChI is InChI=1S/C11H19N5/c1-15(2)6-7-16(3)10-8-14-5-4-9(10)11(12)13/h4-5,8H,6-7H2,1-3H3,(H3,12,13). The highest BCUT2D eigenvalue weighted by Gasteiger charge is 2.09. The fourth-order valence-electron chi connectivity index (χ4n) is 1.39. The number of nitrogens with zero attached hydrogens (tertiary/aromatic N) is 3. The number of nitrogen functional groups attached to an aromatic ring is 1. The first-order valence-corrected chi connectivity index (χ1v) is 5.16. The Morgan fingerprint density at radius 2 is 2.06 bits per heavy atom. The Kier molecular flexibility index (Phi) is 4.25. The van der Waals surface area contributed by atoms with Crippen molar-refractivity contribution in [2.45, 2.75) is 0 Å². The number of anilines is 1. The topological polar surface area (TPSA) is 69.2 Å². The second-order valence-corrected chi connectivity index (χ2v) is 4.03. The van der Waals surface area contributed by atoms with Gasteiger partial charge >= 0.3 is 0 Å². The van der Waals surface area contributed by atoms with Crippen LogP contribution in [-0.4, -0.2) is 50.0 Å². The van der Waals surface area contributed by atoms with Gasteiger partial charge in [0.05, 0.1) is 11.9 Å². The van der Waals surface area contributed by atoms with Crippen LogP contribution >= 0.6 is 0 Å². The molecule has 0 spiro atoms. The third-order valence-electron chi connectivity index (χ3n) is 2.38. The third kappa shape index (κ3) is 3.20. The Morgan fingerprint density at radius 3 is 2.62 bits per heavy atom. The summed E-state index contributed by atoms with van der Waals surface area (Å²) in [7, 11) is 6.04. The monoisotopic (exact) mass is 221 g/mol. The van der Waals surface area contributed by atoms with E-state index in [1.807, 2.05) is 21.1 Å². The number of likely N-dealkylation sites (N-methyl/N-ethyl adjacent to an activating group) is 2. The molecule has 0 bridgehead atoms. The minimum Gasteiger partial charge on any atom is -0.384 e. The average Bonchev–Trinajstić information content (AvgIpc) is 2.25. The number of nitrogens with two attached hydrogens (primary N) is 1. The number of pyridine rings is 1. The fourth-order valence-corrected chi connectivity index (χ4v) is 1.39. The maximum Gasteiger partial charge on any atom is 0.125 e. The summed E-state index contributed by atoms with van der Waals surface area (Å²) >= 11 is 0. The third-order valence-corrected chi connectivity index (χ3v) is 2.38. The van der Waals surface area contributed by atoms with Crippen LogP contribution in [0.2, 0.25) is 0 Å². The molecule has 88 valence electrons. The number of nitrogens with one attached hydrogen (secondary N) is 1. The van der Waals surface area contributed by atoms with Crippen molar-refractivity contribution >= 4 is 11.5 Å². The molecular weight excluding hydrogens is 202 g/mol. The molecule has 0 aliphatic carbocycles. The molecule has 0 unspecified atom stereocenters. The van der Waals surface area contributed by atoms with Gasteiger partial charge in [0.1, 0.15) is 5.84 Å². The second-order valence-electron chi connectivity index (χ2n) is 4.03. The fraction of sp³-hybridized carbons (Fsp3) is 0.455. The van der Waals surface area contributed by atoms with Gasteiger partial charge in [0.25, 0.3) is 0 Å². The molecule has 5 heteroatoms. The zero-order valence-electron chi connectivity index (χ0n) is 10.1. The molecule has 0 aromatic carbocycles. The second kappa shape index (κ2) is 5.46. The van der Waals surface area contributed by atoms with Crippen molar-refractivity contribution in [2.75, 3.05) is 39.1 Å². The first kappa shape index (κ1) is 12.4. The van der Waals surface area contributed by atoms with Gasteiger partial charge < -0.3 is 15.5 Å². The van der Waals surface area contributed by atoms with Crippen LogP contribution in [0.3, 0.4) is 0 Å². The lowest BCUT2D eigenvalue weighted by atomic mass is 10.2. The van der Waals surface area contributed by atoms with Gasteiger partial charge in [-0.05, 0) is 20.2 Å². The normalized spacial score (nSPS) is 10.5. The van der Waals surface area contributed by atoms with Crippen LogP contribution in [0.25, 0.3) is 0 Å². The van der Waals surface area contributed by atoms with Crippen molar-refractivity contribution in [3.8, 4) is 0 Å². The van der Waals surface area contributed by atoms with E-state index >= 15 is 0 Å². The molecule has 0 amide bonds. The number of amidine groups is 1. The van der Waals surface area contributed by atoms with E-state index in [1.165, 1.54) is 0 Å². The molecule has 1 aromatic rings. The first-order valence-electron chi connectivity index (χ1n) is 5.16. The molecule has 3 N–H and O–H groups in total. The highest BCUT2D eigenvalue weighted by Crippen LogP contribution is 2.16. The zero-order chi connectivity index (χ0) is 12.1.